The van der Waals surface area contributed by atoms with Crippen molar-refractivity contribution in [1.29, 1.82) is 0 Å². The standard InChI is InChI=1S/C17H21N5O3/c1-11(12-5-3-6-13(9-12)22(24)25)19-17(23)20-15-7-4-8-16-14(15)10-18-21(16)2/h3,5-6,9-11,15H,4,7-8H2,1-2H3,(H2,19,20,23)/t11-,15-/m1/s1. The maximum atomic E-state index is 12.3. The van der Waals surface area contributed by atoms with E-state index in [9.17, 15) is 14.9 Å². The number of carbonyl (C=O) groups is 1. The lowest BCUT2D eigenvalue weighted by atomic mass is 9.93. The number of hydrogen-bond acceptors (Lipinski definition) is 4. The van der Waals surface area contributed by atoms with Gasteiger partial charge in [0.1, 0.15) is 0 Å². The Hall–Kier alpha value is -2.90. The zero-order valence-electron chi connectivity index (χ0n) is 14.2. The molecule has 1 aliphatic rings. The Kier molecular flexibility index (Phi) is 4.69. The summed E-state index contributed by atoms with van der Waals surface area (Å²) in [5, 5.41) is 21.0. The van der Waals surface area contributed by atoms with Crippen LogP contribution in [0.1, 0.15) is 48.7 Å². The molecule has 1 aliphatic carbocycles. The fourth-order valence-corrected chi connectivity index (χ4v) is 3.24. The van der Waals surface area contributed by atoms with E-state index in [1.807, 2.05) is 17.9 Å². The number of nitrogens with zero attached hydrogens (tertiary/aromatic N) is 3. The summed E-state index contributed by atoms with van der Waals surface area (Å²) in [5.41, 5.74) is 2.92. The van der Waals surface area contributed by atoms with Gasteiger partial charge in [-0.3, -0.25) is 14.8 Å². The minimum Gasteiger partial charge on any atom is -0.332 e. The topological polar surface area (TPSA) is 102 Å². The molecule has 2 aromatic rings. The van der Waals surface area contributed by atoms with Crippen LogP contribution in [0.25, 0.3) is 0 Å². The molecule has 3 rings (SSSR count). The number of amides is 2. The van der Waals surface area contributed by atoms with Crippen molar-refractivity contribution < 1.29 is 9.72 Å². The fourth-order valence-electron chi connectivity index (χ4n) is 3.24. The molecule has 0 bridgehead atoms. The number of urea groups is 1. The predicted octanol–water partition coefficient (Wildman–Crippen LogP) is 2.77. The predicted molar refractivity (Wildman–Crippen MR) is 92.1 cm³/mol. The number of carbonyl (C=O) groups excluding carboxylic acids is 1. The van der Waals surface area contributed by atoms with E-state index in [2.05, 4.69) is 15.7 Å². The summed E-state index contributed by atoms with van der Waals surface area (Å²) >= 11 is 0. The van der Waals surface area contributed by atoms with Crippen LogP contribution in [0.3, 0.4) is 0 Å². The SMILES string of the molecule is C[C@@H](NC(=O)N[C@@H]1CCCc2c1cnn2C)c1cccc([N+](=O)[O-])c1. The van der Waals surface area contributed by atoms with Gasteiger partial charge in [0.25, 0.3) is 5.69 Å². The fraction of sp³-hybridized carbons (Fsp3) is 0.412. The highest BCUT2D eigenvalue weighted by Crippen LogP contribution is 2.29. The lowest BCUT2D eigenvalue weighted by Gasteiger charge is -2.25. The summed E-state index contributed by atoms with van der Waals surface area (Å²) < 4.78 is 1.85. The van der Waals surface area contributed by atoms with Crippen molar-refractivity contribution in [1.82, 2.24) is 20.4 Å². The van der Waals surface area contributed by atoms with Gasteiger partial charge in [-0.1, -0.05) is 12.1 Å². The quantitative estimate of drug-likeness (QED) is 0.658. The number of hydrogen-bond donors (Lipinski definition) is 2. The van der Waals surface area contributed by atoms with E-state index in [-0.39, 0.29) is 23.8 Å². The van der Waals surface area contributed by atoms with Gasteiger partial charge in [-0.05, 0) is 31.7 Å². The van der Waals surface area contributed by atoms with Crippen molar-refractivity contribution in [2.45, 2.75) is 38.3 Å². The van der Waals surface area contributed by atoms with E-state index in [1.54, 1.807) is 19.1 Å². The molecule has 0 unspecified atom stereocenters. The smallest absolute Gasteiger partial charge is 0.315 e. The van der Waals surface area contributed by atoms with Gasteiger partial charge in [0.15, 0.2) is 0 Å². The zero-order chi connectivity index (χ0) is 18.0. The monoisotopic (exact) mass is 343 g/mol. The molecule has 1 aromatic heterocycles. The van der Waals surface area contributed by atoms with Crippen molar-refractivity contribution in [3.63, 3.8) is 0 Å². The third-order valence-electron chi connectivity index (χ3n) is 4.61. The molecule has 1 heterocycles. The van der Waals surface area contributed by atoms with Gasteiger partial charge in [0.05, 0.1) is 23.2 Å². The van der Waals surface area contributed by atoms with Gasteiger partial charge in [-0.25, -0.2) is 4.79 Å². The van der Waals surface area contributed by atoms with Crippen LogP contribution < -0.4 is 10.6 Å². The summed E-state index contributed by atoms with van der Waals surface area (Å²) in [6.45, 7) is 1.80. The van der Waals surface area contributed by atoms with Crippen molar-refractivity contribution in [2.75, 3.05) is 0 Å². The number of rotatable bonds is 4. The molecule has 0 saturated heterocycles. The third kappa shape index (κ3) is 3.62. The molecule has 0 aliphatic heterocycles. The van der Waals surface area contributed by atoms with Gasteiger partial charge in [-0.2, -0.15) is 5.10 Å². The molecule has 0 saturated carbocycles. The van der Waals surface area contributed by atoms with Crippen LogP contribution in [0, 0.1) is 10.1 Å². The molecular formula is C17H21N5O3. The second kappa shape index (κ2) is 6.92. The van der Waals surface area contributed by atoms with Crippen LogP contribution in [0.2, 0.25) is 0 Å². The van der Waals surface area contributed by atoms with Crippen LogP contribution in [0.15, 0.2) is 30.5 Å². The summed E-state index contributed by atoms with van der Waals surface area (Å²) in [7, 11) is 1.91. The summed E-state index contributed by atoms with van der Waals surface area (Å²) in [4.78, 5) is 22.8. The normalized spacial score (nSPS) is 17.4. The molecule has 0 radical (unpaired) electrons. The highest BCUT2D eigenvalue weighted by molar-refractivity contribution is 5.75. The lowest BCUT2D eigenvalue weighted by Crippen LogP contribution is -2.40. The first-order valence-electron chi connectivity index (χ1n) is 8.28. The number of aryl methyl sites for hydroxylation is 1. The Morgan fingerprint density at radius 3 is 3.04 bits per heavy atom. The van der Waals surface area contributed by atoms with Gasteiger partial charge in [0.2, 0.25) is 0 Å². The third-order valence-corrected chi connectivity index (χ3v) is 4.61. The molecule has 132 valence electrons. The zero-order valence-corrected chi connectivity index (χ0v) is 14.2. The average molecular weight is 343 g/mol. The minimum atomic E-state index is -0.442. The second-order valence-electron chi connectivity index (χ2n) is 6.31. The van der Waals surface area contributed by atoms with Gasteiger partial charge >= 0.3 is 6.03 Å². The van der Waals surface area contributed by atoms with Gasteiger partial charge < -0.3 is 10.6 Å². The molecular weight excluding hydrogens is 322 g/mol. The first-order chi connectivity index (χ1) is 12.0. The van der Waals surface area contributed by atoms with E-state index < -0.39 is 4.92 Å². The Labute approximate surface area is 145 Å². The van der Waals surface area contributed by atoms with Gasteiger partial charge in [-0.15, -0.1) is 0 Å². The lowest BCUT2D eigenvalue weighted by molar-refractivity contribution is -0.384. The number of benzene rings is 1. The van der Waals surface area contributed by atoms with Crippen LogP contribution in [-0.2, 0) is 13.5 Å². The molecule has 2 atom stereocenters. The van der Waals surface area contributed by atoms with E-state index in [0.717, 1.165) is 30.5 Å². The largest absolute Gasteiger partial charge is 0.332 e. The van der Waals surface area contributed by atoms with E-state index in [4.69, 9.17) is 0 Å². The van der Waals surface area contributed by atoms with Crippen LogP contribution in [-0.4, -0.2) is 20.7 Å². The van der Waals surface area contributed by atoms with E-state index >= 15 is 0 Å². The van der Waals surface area contributed by atoms with Crippen molar-refractivity contribution in [3.05, 3.63) is 57.4 Å². The number of nitro groups is 1. The van der Waals surface area contributed by atoms with Crippen LogP contribution in [0.5, 0.6) is 0 Å². The van der Waals surface area contributed by atoms with Crippen molar-refractivity contribution >= 4 is 11.7 Å². The minimum absolute atomic E-state index is 0.0128. The Bertz CT molecular complexity index is 801. The summed E-state index contributed by atoms with van der Waals surface area (Å²) in [6, 6.07) is 5.60. The molecule has 2 amide bonds. The van der Waals surface area contributed by atoms with E-state index in [0.29, 0.717) is 5.56 Å². The molecule has 0 spiro atoms. The Morgan fingerprint density at radius 2 is 2.28 bits per heavy atom. The molecule has 8 heteroatoms. The molecule has 2 N–H and O–H groups in total. The number of fused-ring (bicyclic) bond motifs is 1. The summed E-state index contributed by atoms with van der Waals surface area (Å²) in [5.74, 6) is 0. The molecule has 8 nitrogen and oxygen atoms in total. The number of aromatic nitrogens is 2. The first-order valence-corrected chi connectivity index (χ1v) is 8.28. The second-order valence-corrected chi connectivity index (χ2v) is 6.31. The summed E-state index contributed by atoms with van der Waals surface area (Å²) in [6.07, 6.45) is 4.65. The van der Waals surface area contributed by atoms with Crippen LogP contribution >= 0.6 is 0 Å². The highest BCUT2D eigenvalue weighted by Gasteiger charge is 2.25. The van der Waals surface area contributed by atoms with Crippen molar-refractivity contribution in [2.24, 2.45) is 7.05 Å². The first kappa shape index (κ1) is 16.9. The number of nitro benzene ring substituents is 1. The Morgan fingerprint density at radius 1 is 1.48 bits per heavy atom. The molecule has 1 aromatic carbocycles. The van der Waals surface area contributed by atoms with E-state index in [1.165, 1.54) is 12.1 Å². The molecule has 0 fully saturated rings. The Balaban J connectivity index is 1.65. The number of nitrogens with one attached hydrogen (secondary N) is 2. The van der Waals surface area contributed by atoms with Gasteiger partial charge in [0, 0.05) is 30.4 Å². The highest BCUT2D eigenvalue weighted by atomic mass is 16.6. The average Bonchev–Trinajstić information content (AvgIpc) is 2.97. The molecule has 25 heavy (non-hydrogen) atoms. The van der Waals surface area contributed by atoms with Crippen LogP contribution in [0.4, 0.5) is 10.5 Å². The maximum Gasteiger partial charge on any atom is 0.315 e. The maximum absolute atomic E-state index is 12.3. The number of non-ortho nitro benzene ring substituents is 1. The van der Waals surface area contributed by atoms with Crippen molar-refractivity contribution in [3.8, 4) is 0 Å².